The van der Waals surface area contributed by atoms with Crippen molar-refractivity contribution in [1.82, 2.24) is 0 Å². The summed E-state index contributed by atoms with van der Waals surface area (Å²) in [6.07, 6.45) is 3.80. The molecule has 0 spiro atoms. The molecule has 1 unspecified atom stereocenters. The van der Waals surface area contributed by atoms with Gasteiger partial charge in [0.15, 0.2) is 0 Å². The Hall–Kier alpha value is -4.00. The number of nitrogens with zero attached hydrogens (tertiary/aromatic N) is 2. The van der Waals surface area contributed by atoms with E-state index in [1.807, 2.05) is 37.3 Å². The van der Waals surface area contributed by atoms with Gasteiger partial charge in [0.1, 0.15) is 23.3 Å². The first kappa shape index (κ1) is 27.6. The number of aliphatic hydroxyl groups excluding tert-OH is 1. The lowest BCUT2D eigenvalue weighted by Gasteiger charge is -2.32. The zero-order valence-corrected chi connectivity index (χ0v) is 23.9. The molecule has 0 bridgehead atoms. The minimum atomic E-state index is -0.902. The predicted octanol–water partition coefficient (Wildman–Crippen LogP) is 6.84. The van der Waals surface area contributed by atoms with Gasteiger partial charge in [-0.15, -0.1) is 0 Å². The van der Waals surface area contributed by atoms with E-state index in [1.165, 1.54) is 11.2 Å². The van der Waals surface area contributed by atoms with Crippen molar-refractivity contribution in [2.24, 2.45) is 5.92 Å². The van der Waals surface area contributed by atoms with E-state index >= 15 is 0 Å². The summed E-state index contributed by atoms with van der Waals surface area (Å²) in [4.78, 5) is 30.8. The van der Waals surface area contributed by atoms with E-state index in [4.69, 9.17) is 9.15 Å². The third-order valence-corrected chi connectivity index (χ3v) is 7.89. The Kier molecular flexibility index (Phi) is 7.49. The van der Waals surface area contributed by atoms with E-state index in [1.54, 1.807) is 24.3 Å². The third kappa shape index (κ3) is 5.12. The van der Waals surface area contributed by atoms with Crippen molar-refractivity contribution in [1.29, 1.82) is 0 Å². The highest BCUT2D eigenvalue weighted by atomic mass is 16.5. The van der Waals surface area contributed by atoms with Gasteiger partial charge in [-0.2, -0.15) is 0 Å². The Balaban J connectivity index is 1.57. The maximum Gasteiger partial charge on any atom is 0.300 e. The molecule has 1 N–H and O–H groups in total. The van der Waals surface area contributed by atoms with Crippen molar-refractivity contribution in [3.8, 4) is 5.75 Å². The number of furan rings is 1. The summed E-state index contributed by atoms with van der Waals surface area (Å²) in [7, 11) is 0. The average molecular weight is 543 g/mol. The van der Waals surface area contributed by atoms with Crippen molar-refractivity contribution in [3.05, 3.63) is 83.3 Å². The molecule has 1 aromatic heterocycles. The van der Waals surface area contributed by atoms with E-state index in [0.717, 1.165) is 48.8 Å². The number of hydrogen-bond donors (Lipinski definition) is 1. The quantitative estimate of drug-likeness (QED) is 0.209. The van der Waals surface area contributed by atoms with Crippen molar-refractivity contribution in [2.45, 2.75) is 58.9 Å². The van der Waals surface area contributed by atoms with Crippen LogP contribution in [0.4, 0.5) is 11.4 Å². The van der Waals surface area contributed by atoms with Crippen molar-refractivity contribution in [2.75, 3.05) is 29.5 Å². The van der Waals surface area contributed by atoms with E-state index in [2.05, 4.69) is 32.6 Å². The molecule has 1 amide bonds. The maximum absolute atomic E-state index is 13.5. The summed E-state index contributed by atoms with van der Waals surface area (Å²) in [5, 5.41) is 11.6. The highest BCUT2D eigenvalue weighted by Gasteiger charge is 2.48. The zero-order chi connectivity index (χ0) is 28.6. The molecule has 210 valence electrons. The molecule has 2 saturated heterocycles. The van der Waals surface area contributed by atoms with Gasteiger partial charge in [0.25, 0.3) is 11.7 Å². The zero-order valence-electron chi connectivity index (χ0n) is 23.9. The molecule has 7 nitrogen and oxygen atoms in total. The molecule has 2 fully saturated rings. The summed E-state index contributed by atoms with van der Waals surface area (Å²) < 4.78 is 11.6. The van der Waals surface area contributed by atoms with Gasteiger partial charge < -0.3 is 19.2 Å². The van der Waals surface area contributed by atoms with Crippen LogP contribution in [0.15, 0.2) is 70.9 Å². The lowest BCUT2D eigenvalue weighted by molar-refractivity contribution is -0.132. The first-order valence-electron chi connectivity index (χ1n) is 14.1. The number of amides is 1. The molecule has 0 saturated carbocycles. The minimum Gasteiger partial charge on any atom is -0.507 e. The monoisotopic (exact) mass is 542 g/mol. The second-order valence-electron chi connectivity index (χ2n) is 11.8. The fourth-order valence-corrected chi connectivity index (χ4v) is 5.61. The number of rotatable bonds is 6. The molecule has 2 aliphatic heterocycles. The van der Waals surface area contributed by atoms with E-state index in [0.29, 0.717) is 23.6 Å². The number of aliphatic hydroxyl groups is 1. The second kappa shape index (κ2) is 10.9. The van der Waals surface area contributed by atoms with Crippen LogP contribution < -0.4 is 14.5 Å². The highest BCUT2D eigenvalue weighted by molar-refractivity contribution is 6.51. The smallest absolute Gasteiger partial charge is 0.300 e. The Bertz CT molecular complexity index is 1410. The van der Waals surface area contributed by atoms with Gasteiger partial charge in [-0.05, 0) is 85.7 Å². The largest absolute Gasteiger partial charge is 0.507 e. The van der Waals surface area contributed by atoms with E-state index < -0.39 is 17.7 Å². The molecule has 3 heterocycles. The van der Waals surface area contributed by atoms with Crippen LogP contribution >= 0.6 is 0 Å². The highest BCUT2D eigenvalue weighted by Crippen LogP contribution is 2.43. The number of ether oxygens (including phenoxy) is 1. The van der Waals surface area contributed by atoms with Gasteiger partial charge in [-0.1, -0.05) is 27.7 Å². The van der Waals surface area contributed by atoms with Gasteiger partial charge >= 0.3 is 0 Å². The predicted molar refractivity (Wildman–Crippen MR) is 157 cm³/mol. The molecular weight excluding hydrogens is 504 g/mol. The number of hydrogen-bond acceptors (Lipinski definition) is 6. The molecule has 0 radical (unpaired) electrons. The summed E-state index contributed by atoms with van der Waals surface area (Å²) >= 11 is 0. The van der Waals surface area contributed by atoms with Crippen LogP contribution in [-0.2, 0) is 15.0 Å². The van der Waals surface area contributed by atoms with Crippen LogP contribution in [0, 0.1) is 5.92 Å². The van der Waals surface area contributed by atoms with E-state index in [9.17, 15) is 14.7 Å². The van der Waals surface area contributed by atoms with Crippen LogP contribution in [0.3, 0.4) is 0 Å². The van der Waals surface area contributed by atoms with Crippen LogP contribution in [0.1, 0.15) is 70.4 Å². The molecule has 2 aliphatic rings. The Morgan fingerprint density at radius 2 is 1.70 bits per heavy atom. The summed E-state index contributed by atoms with van der Waals surface area (Å²) in [6, 6.07) is 15.6. The van der Waals surface area contributed by atoms with Gasteiger partial charge in [-0.3, -0.25) is 14.5 Å². The first-order chi connectivity index (χ1) is 19.1. The molecule has 1 atom stereocenters. The standard InChI is InChI=1S/C33H38N2O5/c1-6-39-26-14-9-22(20-25(26)33(3,4)5)30(36)28-29(27-8-7-19-40-27)35(32(38)31(28)37)24-12-10-23(11-13-24)34-17-15-21(2)16-18-34/h7-14,19-21,29,36H,6,15-18H2,1-5H3/b30-28-. The Labute approximate surface area is 236 Å². The van der Waals surface area contributed by atoms with E-state index in [-0.39, 0.29) is 16.7 Å². The van der Waals surface area contributed by atoms with Gasteiger partial charge in [0.2, 0.25) is 0 Å². The third-order valence-electron chi connectivity index (χ3n) is 7.89. The molecule has 7 heteroatoms. The van der Waals surface area contributed by atoms with Gasteiger partial charge in [0, 0.05) is 35.6 Å². The number of piperidine rings is 1. The van der Waals surface area contributed by atoms with Crippen LogP contribution in [0.2, 0.25) is 0 Å². The summed E-state index contributed by atoms with van der Waals surface area (Å²) in [6.45, 7) is 12.9. The van der Waals surface area contributed by atoms with Crippen LogP contribution in [0.25, 0.3) is 5.76 Å². The number of Topliss-reactive ketones (excluding diaryl/α,β-unsaturated/α-hetero) is 1. The number of benzene rings is 2. The number of ketones is 1. The Morgan fingerprint density at radius 1 is 1.02 bits per heavy atom. The lowest BCUT2D eigenvalue weighted by atomic mass is 9.84. The van der Waals surface area contributed by atoms with Crippen molar-refractivity contribution < 1.29 is 23.8 Å². The first-order valence-corrected chi connectivity index (χ1v) is 14.1. The number of anilines is 2. The topological polar surface area (TPSA) is 83.2 Å². The second-order valence-corrected chi connectivity index (χ2v) is 11.8. The van der Waals surface area contributed by atoms with Crippen LogP contribution in [-0.4, -0.2) is 36.5 Å². The molecule has 0 aliphatic carbocycles. The fraction of sp³-hybridized carbons (Fsp3) is 0.394. The normalized spacial score (nSPS) is 19.9. The molecular formula is C33H38N2O5. The lowest BCUT2D eigenvalue weighted by Crippen LogP contribution is -2.33. The SMILES string of the molecule is CCOc1ccc(/C(O)=C2/C(=O)C(=O)N(c3ccc(N4CCC(C)CC4)cc3)C2c2ccco2)cc1C(C)(C)C. The van der Waals surface area contributed by atoms with Gasteiger partial charge in [-0.25, -0.2) is 0 Å². The van der Waals surface area contributed by atoms with Crippen molar-refractivity contribution in [3.63, 3.8) is 0 Å². The molecule has 40 heavy (non-hydrogen) atoms. The summed E-state index contributed by atoms with van der Waals surface area (Å²) in [5.74, 6) is 0.152. The number of carbonyl (C=O) groups is 2. The molecule has 5 rings (SSSR count). The fourth-order valence-electron chi connectivity index (χ4n) is 5.61. The molecule has 2 aromatic carbocycles. The minimum absolute atomic E-state index is 0.00179. The average Bonchev–Trinajstić information content (AvgIpc) is 3.55. The summed E-state index contributed by atoms with van der Waals surface area (Å²) in [5.41, 5.74) is 2.71. The van der Waals surface area contributed by atoms with Crippen molar-refractivity contribution >= 4 is 28.8 Å². The van der Waals surface area contributed by atoms with Gasteiger partial charge in [0.05, 0.1) is 18.4 Å². The Morgan fingerprint density at radius 3 is 2.30 bits per heavy atom. The number of carbonyl (C=O) groups excluding carboxylic acids is 2. The molecule has 3 aromatic rings. The van der Waals surface area contributed by atoms with Crippen LogP contribution in [0.5, 0.6) is 5.75 Å². The maximum atomic E-state index is 13.5.